The van der Waals surface area contributed by atoms with Crippen LogP contribution in [-0.2, 0) is 4.79 Å². The number of likely N-dealkylation sites (tertiary alicyclic amines) is 1. The molecule has 1 aromatic heterocycles. The largest absolute Gasteiger partial charge is 0.338 e. The summed E-state index contributed by atoms with van der Waals surface area (Å²) >= 11 is 1.37. The number of anilines is 1. The number of hydrogen-bond donors (Lipinski definition) is 1. The fourth-order valence-corrected chi connectivity index (χ4v) is 3.63. The van der Waals surface area contributed by atoms with Gasteiger partial charge in [-0.05, 0) is 37.1 Å². The Morgan fingerprint density at radius 3 is 2.65 bits per heavy atom. The molecule has 0 saturated carbocycles. The summed E-state index contributed by atoms with van der Waals surface area (Å²) in [6, 6.07) is 5.47. The average molecular weight is 376 g/mol. The molecule has 0 bridgehead atoms. The van der Waals surface area contributed by atoms with Gasteiger partial charge in [0, 0.05) is 24.6 Å². The van der Waals surface area contributed by atoms with Crippen molar-refractivity contribution in [1.29, 1.82) is 0 Å². The molecule has 1 aromatic carbocycles. The predicted octanol–water partition coefficient (Wildman–Crippen LogP) is 3.29. The van der Waals surface area contributed by atoms with Crippen LogP contribution in [0.2, 0.25) is 0 Å². The summed E-state index contributed by atoms with van der Waals surface area (Å²) in [5.74, 6) is -0.736. The van der Waals surface area contributed by atoms with Crippen LogP contribution in [0, 0.1) is 11.7 Å². The standard InChI is InChI=1S/C18H21FN4O2S/c1-11(2)16-21-22-18(26-16)20-15(24)13-4-3-9-23(10-13)17(25)12-5-7-14(19)8-6-12/h5-8,11,13H,3-4,9-10H2,1-2H3,(H,20,22,24). The highest BCUT2D eigenvalue weighted by Gasteiger charge is 2.29. The Labute approximate surface area is 155 Å². The molecule has 6 nitrogen and oxygen atoms in total. The molecule has 1 saturated heterocycles. The molecule has 2 aromatic rings. The molecule has 1 N–H and O–H groups in total. The van der Waals surface area contributed by atoms with Gasteiger partial charge in [-0.15, -0.1) is 10.2 Å². The number of amides is 2. The van der Waals surface area contributed by atoms with Crippen LogP contribution >= 0.6 is 11.3 Å². The number of rotatable bonds is 4. The molecule has 0 spiro atoms. The predicted molar refractivity (Wildman–Crippen MR) is 97.7 cm³/mol. The smallest absolute Gasteiger partial charge is 0.253 e. The third-order valence-electron chi connectivity index (χ3n) is 4.34. The maximum absolute atomic E-state index is 13.0. The van der Waals surface area contributed by atoms with Crippen LogP contribution < -0.4 is 5.32 Å². The van der Waals surface area contributed by atoms with Crippen LogP contribution in [0.25, 0.3) is 0 Å². The average Bonchev–Trinajstić information content (AvgIpc) is 3.11. The molecule has 3 rings (SSSR count). The van der Waals surface area contributed by atoms with Crippen LogP contribution in [0.4, 0.5) is 9.52 Å². The van der Waals surface area contributed by atoms with Crippen molar-refractivity contribution in [2.45, 2.75) is 32.6 Å². The summed E-state index contributed by atoms with van der Waals surface area (Å²) in [4.78, 5) is 26.8. The third kappa shape index (κ3) is 4.24. The molecule has 0 radical (unpaired) electrons. The van der Waals surface area contributed by atoms with E-state index in [1.54, 1.807) is 4.90 Å². The molecule has 8 heteroatoms. The summed E-state index contributed by atoms with van der Waals surface area (Å²) in [7, 11) is 0. The Morgan fingerprint density at radius 2 is 2.00 bits per heavy atom. The van der Waals surface area contributed by atoms with E-state index >= 15 is 0 Å². The van der Waals surface area contributed by atoms with Crippen molar-refractivity contribution in [2.75, 3.05) is 18.4 Å². The van der Waals surface area contributed by atoms with Gasteiger partial charge in [-0.1, -0.05) is 25.2 Å². The van der Waals surface area contributed by atoms with Crippen molar-refractivity contribution >= 4 is 28.3 Å². The van der Waals surface area contributed by atoms with Gasteiger partial charge in [-0.25, -0.2) is 4.39 Å². The minimum Gasteiger partial charge on any atom is -0.338 e. The zero-order valence-electron chi connectivity index (χ0n) is 14.7. The third-order valence-corrected chi connectivity index (χ3v) is 5.47. The molecular weight excluding hydrogens is 355 g/mol. The lowest BCUT2D eigenvalue weighted by Crippen LogP contribution is -2.43. The summed E-state index contributed by atoms with van der Waals surface area (Å²) in [6.45, 7) is 4.98. The van der Waals surface area contributed by atoms with Crippen molar-refractivity contribution in [3.63, 3.8) is 0 Å². The molecule has 1 unspecified atom stereocenters. The van der Waals surface area contributed by atoms with E-state index in [1.807, 2.05) is 13.8 Å². The summed E-state index contributed by atoms with van der Waals surface area (Å²) < 4.78 is 13.0. The Kier molecular flexibility index (Phi) is 5.61. The molecule has 1 fully saturated rings. The van der Waals surface area contributed by atoms with Gasteiger partial charge in [-0.2, -0.15) is 0 Å². The van der Waals surface area contributed by atoms with Gasteiger partial charge in [-0.3, -0.25) is 9.59 Å². The Morgan fingerprint density at radius 1 is 1.27 bits per heavy atom. The lowest BCUT2D eigenvalue weighted by molar-refractivity contribution is -0.121. The summed E-state index contributed by atoms with van der Waals surface area (Å²) in [5.41, 5.74) is 0.429. The molecule has 1 aliphatic heterocycles. The highest BCUT2D eigenvalue weighted by atomic mass is 32.1. The van der Waals surface area contributed by atoms with Crippen molar-refractivity contribution in [2.24, 2.45) is 5.92 Å². The SMILES string of the molecule is CC(C)c1nnc(NC(=O)C2CCCN(C(=O)c3ccc(F)cc3)C2)s1. The lowest BCUT2D eigenvalue weighted by atomic mass is 9.96. The number of hydrogen-bond acceptors (Lipinski definition) is 5. The highest BCUT2D eigenvalue weighted by molar-refractivity contribution is 7.15. The van der Waals surface area contributed by atoms with E-state index in [-0.39, 0.29) is 29.5 Å². The zero-order chi connectivity index (χ0) is 18.7. The van der Waals surface area contributed by atoms with E-state index in [0.29, 0.717) is 23.8 Å². The van der Waals surface area contributed by atoms with E-state index < -0.39 is 0 Å². The highest BCUT2D eigenvalue weighted by Crippen LogP contribution is 2.25. The quantitative estimate of drug-likeness (QED) is 0.888. The Bertz CT molecular complexity index is 791. The summed E-state index contributed by atoms with van der Waals surface area (Å²) in [5, 5.41) is 12.2. The fourth-order valence-electron chi connectivity index (χ4n) is 2.88. The van der Waals surface area contributed by atoms with E-state index in [9.17, 15) is 14.0 Å². The number of nitrogens with one attached hydrogen (secondary N) is 1. The minimum absolute atomic E-state index is 0.145. The van der Waals surface area contributed by atoms with Gasteiger partial charge >= 0.3 is 0 Å². The lowest BCUT2D eigenvalue weighted by Gasteiger charge is -2.32. The molecule has 1 atom stereocenters. The van der Waals surface area contributed by atoms with Gasteiger partial charge in [0.1, 0.15) is 10.8 Å². The number of carbonyl (C=O) groups excluding carboxylic acids is 2. The Hall–Kier alpha value is -2.35. The maximum atomic E-state index is 13.0. The van der Waals surface area contributed by atoms with Gasteiger partial charge in [0.2, 0.25) is 11.0 Å². The number of nitrogens with zero attached hydrogens (tertiary/aromatic N) is 3. The number of halogens is 1. The van der Waals surface area contributed by atoms with Crippen LogP contribution in [0.5, 0.6) is 0 Å². The second-order valence-corrected chi connectivity index (χ2v) is 7.70. The van der Waals surface area contributed by atoms with E-state index in [2.05, 4.69) is 15.5 Å². The molecular formula is C18H21FN4O2S. The topological polar surface area (TPSA) is 75.2 Å². The van der Waals surface area contributed by atoms with Crippen molar-refractivity contribution in [3.05, 3.63) is 40.7 Å². The van der Waals surface area contributed by atoms with Crippen LogP contribution in [0.15, 0.2) is 24.3 Å². The van der Waals surface area contributed by atoms with Crippen LogP contribution in [0.3, 0.4) is 0 Å². The first-order chi connectivity index (χ1) is 12.4. The van der Waals surface area contributed by atoms with E-state index in [1.165, 1.54) is 35.6 Å². The number of carbonyl (C=O) groups is 2. The van der Waals surface area contributed by atoms with Crippen LogP contribution in [-0.4, -0.2) is 40.0 Å². The monoisotopic (exact) mass is 376 g/mol. The first-order valence-electron chi connectivity index (χ1n) is 8.63. The van der Waals surface area contributed by atoms with E-state index in [4.69, 9.17) is 0 Å². The van der Waals surface area contributed by atoms with Crippen LogP contribution in [0.1, 0.15) is 48.0 Å². The summed E-state index contributed by atoms with van der Waals surface area (Å²) in [6.07, 6.45) is 1.47. The Balaban J connectivity index is 1.62. The first kappa shape index (κ1) is 18.4. The van der Waals surface area contributed by atoms with Crippen molar-refractivity contribution in [1.82, 2.24) is 15.1 Å². The minimum atomic E-state index is -0.379. The van der Waals surface area contributed by atoms with Gasteiger partial charge in [0.15, 0.2) is 0 Å². The number of piperidine rings is 1. The maximum Gasteiger partial charge on any atom is 0.253 e. The zero-order valence-corrected chi connectivity index (χ0v) is 15.6. The fraction of sp³-hybridized carbons (Fsp3) is 0.444. The van der Waals surface area contributed by atoms with E-state index in [0.717, 1.165) is 17.8 Å². The molecule has 0 aliphatic carbocycles. The second kappa shape index (κ2) is 7.90. The molecule has 138 valence electrons. The molecule has 26 heavy (non-hydrogen) atoms. The first-order valence-corrected chi connectivity index (χ1v) is 9.45. The van der Waals surface area contributed by atoms with Crippen molar-refractivity contribution in [3.8, 4) is 0 Å². The number of aromatic nitrogens is 2. The van der Waals surface area contributed by atoms with Gasteiger partial charge in [0.25, 0.3) is 5.91 Å². The molecule has 2 amide bonds. The second-order valence-electron chi connectivity index (χ2n) is 6.69. The molecule has 2 heterocycles. The van der Waals surface area contributed by atoms with Gasteiger partial charge < -0.3 is 10.2 Å². The van der Waals surface area contributed by atoms with Gasteiger partial charge in [0.05, 0.1) is 5.92 Å². The number of benzene rings is 1. The van der Waals surface area contributed by atoms with Crippen molar-refractivity contribution < 1.29 is 14.0 Å². The normalized spacial score (nSPS) is 17.4. The molecule has 1 aliphatic rings.